The summed E-state index contributed by atoms with van der Waals surface area (Å²) in [6, 6.07) is 7.87. The number of benzene rings is 1. The Morgan fingerprint density at radius 3 is 2.67 bits per heavy atom. The van der Waals surface area contributed by atoms with Crippen molar-refractivity contribution in [3.05, 3.63) is 47.4 Å². The predicted octanol–water partition coefficient (Wildman–Crippen LogP) is 4.60. The highest BCUT2D eigenvalue weighted by atomic mass is 32.2. The molecule has 7 heteroatoms. The van der Waals surface area contributed by atoms with Gasteiger partial charge in [0, 0.05) is 12.2 Å². The molecule has 0 aliphatic carbocycles. The first kappa shape index (κ1) is 19.2. The fourth-order valence-electron chi connectivity index (χ4n) is 2.88. The lowest BCUT2D eigenvalue weighted by Crippen LogP contribution is -2.23. The molecule has 3 rings (SSSR count). The highest BCUT2D eigenvalue weighted by molar-refractivity contribution is 8.00. The number of carbonyl (C=O) groups excluding carboxylic acids is 1. The minimum Gasteiger partial charge on any atom is -0.469 e. The number of rotatable bonds is 6. The summed E-state index contributed by atoms with van der Waals surface area (Å²) in [5, 5.41) is 12.0. The van der Waals surface area contributed by atoms with E-state index in [0.29, 0.717) is 6.54 Å². The average Bonchev–Trinajstić information content (AvgIpc) is 3.22. The van der Waals surface area contributed by atoms with Crippen LogP contribution in [0.3, 0.4) is 0 Å². The van der Waals surface area contributed by atoms with Crippen LogP contribution in [-0.2, 0) is 11.3 Å². The van der Waals surface area contributed by atoms with Gasteiger partial charge in [-0.1, -0.05) is 29.5 Å². The summed E-state index contributed by atoms with van der Waals surface area (Å²) in [5.74, 6) is 1.50. The number of hydrogen-bond donors (Lipinski definition) is 1. The Hall–Kier alpha value is -2.54. The molecule has 0 spiro atoms. The van der Waals surface area contributed by atoms with E-state index in [1.165, 1.54) is 17.3 Å². The number of aromatic nitrogens is 3. The molecule has 0 bridgehead atoms. The van der Waals surface area contributed by atoms with Gasteiger partial charge in [0.15, 0.2) is 11.0 Å². The first-order valence-electron chi connectivity index (χ1n) is 8.93. The molecule has 6 nitrogen and oxygen atoms in total. The Morgan fingerprint density at radius 2 is 2.04 bits per heavy atom. The summed E-state index contributed by atoms with van der Waals surface area (Å²) in [5.41, 5.74) is 3.98. The molecule has 1 atom stereocenters. The van der Waals surface area contributed by atoms with E-state index in [1.807, 2.05) is 57.4 Å². The van der Waals surface area contributed by atoms with Crippen LogP contribution in [0.5, 0.6) is 0 Å². The monoisotopic (exact) mass is 384 g/mol. The summed E-state index contributed by atoms with van der Waals surface area (Å²) in [4.78, 5) is 12.6. The van der Waals surface area contributed by atoms with Gasteiger partial charge in [-0.25, -0.2) is 0 Å². The molecule has 0 fully saturated rings. The first-order chi connectivity index (χ1) is 12.9. The number of thioether (sulfide) groups is 1. The molecule has 2 aromatic heterocycles. The molecule has 0 aliphatic heterocycles. The highest BCUT2D eigenvalue weighted by Gasteiger charge is 2.22. The van der Waals surface area contributed by atoms with Crippen LogP contribution in [0.4, 0.5) is 5.69 Å². The normalized spacial score (nSPS) is 12.2. The molecule has 0 saturated carbocycles. The number of anilines is 1. The van der Waals surface area contributed by atoms with Crippen LogP contribution in [0.1, 0.15) is 30.7 Å². The second-order valence-corrected chi connectivity index (χ2v) is 7.82. The number of carbonyl (C=O) groups is 1. The van der Waals surface area contributed by atoms with E-state index >= 15 is 0 Å². The van der Waals surface area contributed by atoms with Gasteiger partial charge in [-0.2, -0.15) is 0 Å². The molecule has 142 valence electrons. The zero-order valence-corrected chi connectivity index (χ0v) is 17.1. The molecule has 3 aromatic rings. The molecule has 0 aliphatic rings. The van der Waals surface area contributed by atoms with Gasteiger partial charge in [0.05, 0.1) is 17.1 Å². The third-order valence-electron chi connectivity index (χ3n) is 4.42. The molecular weight excluding hydrogens is 360 g/mol. The van der Waals surface area contributed by atoms with Crippen molar-refractivity contribution < 1.29 is 9.21 Å². The Kier molecular flexibility index (Phi) is 5.70. The number of amides is 1. The van der Waals surface area contributed by atoms with Gasteiger partial charge in [-0.3, -0.25) is 4.79 Å². The van der Waals surface area contributed by atoms with E-state index in [4.69, 9.17) is 4.42 Å². The Balaban J connectivity index is 1.76. The van der Waals surface area contributed by atoms with Crippen molar-refractivity contribution >= 4 is 23.4 Å². The molecule has 1 N–H and O–H groups in total. The number of nitrogens with zero attached hydrogens (tertiary/aromatic N) is 3. The topological polar surface area (TPSA) is 73.0 Å². The minimum atomic E-state index is -0.307. The Labute approximate surface area is 163 Å². The fraction of sp³-hybridized carbons (Fsp3) is 0.350. The SMILES string of the molecule is CCn1c(S[C@H](C)C(=O)Nc2ccc(C)cc2C)nnc1-c1ccoc1C. The van der Waals surface area contributed by atoms with Crippen LogP contribution < -0.4 is 5.32 Å². The van der Waals surface area contributed by atoms with E-state index < -0.39 is 0 Å². The largest absolute Gasteiger partial charge is 0.469 e. The average molecular weight is 385 g/mol. The van der Waals surface area contributed by atoms with Crippen LogP contribution in [0, 0.1) is 20.8 Å². The van der Waals surface area contributed by atoms with Crippen molar-refractivity contribution in [1.82, 2.24) is 14.8 Å². The predicted molar refractivity (Wildman–Crippen MR) is 108 cm³/mol. The lowest BCUT2D eigenvalue weighted by molar-refractivity contribution is -0.115. The molecular formula is C20H24N4O2S. The van der Waals surface area contributed by atoms with E-state index in [9.17, 15) is 4.79 Å². The third kappa shape index (κ3) is 4.08. The van der Waals surface area contributed by atoms with Gasteiger partial charge in [-0.05, 0) is 52.3 Å². The maximum Gasteiger partial charge on any atom is 0.237 e. The summed E-state index contributed by atoms with van der Waals surface area (Å²) in [7, 11) is 0. The van der Waals surface area contributed by atoms with Crippen molar-refractivity contribution in [1.29, 1.82) is 0 Å². The molecule has 0 saturated heterocycles. The summed E-state index contributed by atoms with van der Waals surface area (Å²) >= 11 is 1.40. The van der Waals surface area contributed by atoms with Crippen molar-refractivity contribution in [2.75, 3.05) is 5.32 Å². The molecule has 27 heavy (non-hydrogen) atoms. The van der Waals surface area contributed by atoms with E-state index in [1.54, 1.807) is 6.26 Å². The van der Waals surface area contributed by atoms with Crippen LogP contribution in [0.15, 0.2) is 40.1 Å². The van der Waals surface area contributed by atoms with Gasteiger partial charge in [0.25, 0.3) is 0 Å². The molecule has 0 radical (unpaired) electrons. The van der Waals surface area contributed by atoms with Crippen LogP contribution in [-0.4, -0.2) is 25.9 Å². The summed E-state index contributed by atoms with van der Waals surface area (Å²) in [6.45, 7) is 10.5. The van der Waals surface area contributed by atoms with Crippen LogP contribution in [0.25, 0.3) is 11.4 Å². The van der Waals surface area contributed by atoms with Gasteiger partial charge in [0.2, 0.25) is 5.91 Å². The van der Waals surface area contributed by atoms with Gasteiger partial charge in [-0.15, -0.1) is 10.2 Å². The quantitative estimate of drug-likeness (QED) is 0.629. The molecule has 1 amide bonds. The smallest absolute Gasteiger partial charge is 0.237 e. The second kappa shape index (κ2) is 8.00. The first-order valence-corrected chi connectivity index (χ1v) is 9.81. The highest BCUT2D eigenvalue weighted by Crippen LogP contribution is 2.29. The van der Waals surface area contributed by atoms with E-state index in [2.05, 4.69) is 21.6 Å². The number of hydrogen-bond acceptors (Lipinski definition) is 5. The van der Waals surface area contributed by atoms with Crippen molar-refractivity contribution in [2.24, 2.45) is 0 Å². The Morgan fingerprint density at radius 1 is 1.26 bits per heavy atom. The van der Waals surface area contributed by atoms with Crippen LogP contribution >= 0.6 is 11.8 Å². The van der Waals surface area contributed by atoms with Crippen molar-refractivity contribution in [3.63, 3.8) is 0 Å². The molecule has 0 unspecified atom stereocenters. The van der Waals surface area contributed by atoms with Crippen molar-refractivity contribution in [3.8, 4) is 11.4 Å². The molecule has 2 heterocycles. The zero-order valence-electron chi connectivity index (χ0n) is 16.2. The Bertz CT molecular complexity index is 961. The third-order valence-corrected chi connectivity index (χ3v) is 5.50. The van der Waals surface area contributed by atoms with Gasteiger partial charge in [0.1, 0.15) is 5.76 Å². The van der Waals surface area contributed by atoms with Crippen molar-refractivity contribution in [2.45, 2.75) is 51.6 Å². The minimum absolute atomic E-state index is 0.0568. The van der Waals surface area contributed by atoms with Gasteiger partial charge < -0.3 is 14.3 Å². The second-order valence-electron chi connectivity index (χ2n) is 6.51. The summed E-state index contributed by atoms with van der Waals surface area (Å²) in [6.07, 6.45) is 1.64. The summed E-state index contributed by atoms with van der Waals surface area (Å²) < 4.78 is 7.38. The van der Waals surface area contributed by atoms with Gasteiger partial charge >= 0.3 is 0 Å². The lowest BCUT2D eigenvalue weighted by atomic mass is 10.1. The number of nitrogens with one attached hydrogen (secondary N) is 1. The zero-order chi connectivity index (χ0) is 19.6. The lowest BCUT2D eigenvalue weighted by Gasteiger charge is -2.14. The number of aryl methyl sites for hydroxylation is 3. The molecule has 1 aromatic carbocycles. The van der Waals surface area contributed by atoms with Crippen LogP contribution in [0.2, 0.25) is 0 Å². The fourth-order valence-corrected chi connectivity index (χ4v) is 3.79. The standard InChI is InChI=1S/C20H24N4O2S/c1-6-24-18(16-9-10-26-14(16)4)22-23-20(24)27-15(5)19(25)21-17-8-7-12(2)11-13(17)3/h7-11,15H,6H2,1-5H3,(H,21,25)/t15-/m1/s1. The van der Waals surface area contributed by atoms with E-state index in [0.717, 1.165) is 33.6 Å². The number of furan rings is 1. The maximum absolute atomic E-state index is 12.6. The maximum atomic E-state index is 12.6. The van der Waals surface area contributed by atoms with E-state index in [-0.39, 0.29) is 11.2 Å².